The molecule has 2 heterocycles. The highest BCUT2D eigenvalue weighted by Crippen LogP contribution is 2.37. The third-order valence-corrected chi connectivity index (χ3v) is 6.54. The first-order valence-electron chi connectivity index (χ1n) is 12.1. The molecule has 0 bridgehead atoms. The molecular weight excluding hydrogens is 450 g/mol. The number of nitrogens with one attached hydrogen (secondary N) is 1. The van der Waals surface area contributed by atoms with Gasteiger partial charge in [0.25, 0.3) is 0 Å². The van der Waals surface area contributed by atoms with Crippen molar-refractivity contribution in [1.82, 2.24) is 9.78 Å². The summed E-state index contributed by atoms with van der Waals surface area (Å²) in [5.74, 6) is 0. The molecule has 1 aliphatic heterocycles. The zero-order valence-corrected chi connectivity index (χ0v) is 21.3. The normalized spacial score (nSPS) is 13.0. The molecule has 5 heteroatoms. The van der Waals surface area contributed by atoms with Crippen molar-refractivity contribution < 1.29 is 4.74 Å². The maximum Gasteiger partial charge on any atom is 0.140 e. The molecule has 1 aliphatic rings. The van der Waals surface area contributed by atoms with Gasteiger partial charge in [0.2, 0.25) is 0 Å². The Labute approximate surface area is 197 Å². The van der Waals surface area contributed by atoms with Gasteiger partial charge in [-0.25, -0.2) is 4.68 Å². The Morgan fingerprint density at radius 2 is 1.68 bits per heavy atom. The number of ether oxygens (including phenoxy) is 1. The van der Waals surface area contributed by atoms with Crippen LogP contribution in [0.1, 0.15) is 90.5 Å². The molecule has 0 aliphatic carbocycles. The second-order valence-electron chi connectivity index (χ2n) is 10.1. The van der Waals surface area contributed by atoms with Gasteiger partial charge in [0.15, 0.2) is 0 Å². The summed E-state index contributed by atoms with van der Waals surface area (Å²) >= 11 is 3.55. The van der Waals surface area contributed by atoms with Gasteiger partial charge < -0.3 is 10.1 Å². The van der Waals surface area contributed by atoms with E-state index in [4.69, 9.17) is 4.74 Å². The zero-order valence-electron chi connectivity index (χ0n) is 19.7. The number of hydrogen-bond acceptors (Lipinski definition) is 3. The maximum absolute atomic E-state index is 5.95. The van der Waals surface area contributed by atoms with Crippen molar-refractivity contribution in [2.24, 2.45) is 5.41 Å². The summed E-state index contributed by atoms with van der Waals surface area (Å²) in [7, 11) is 0. The van der Waals surface area contributed by atoms with Gasteiger partial charge in [-0.3, -0.25) is 0 Å². The summed E-state index contributed by atoms with van der Waals surface area (Å²) in [4.78, 5) is 0. The van der Waals surface area contributed by atoms with Crippen LogP contribution in [0.25, 0.3) is 11.3 Å². The van der Waals surface area contributed by atoms with Crippen LogP contribution in [0.5, 0.6) is 0 Å². The summed E-state index contributed by atoms with van der Waals surface area (Å²) in [6.45, 7) is 9.18. The lowest BCUT2D eigenvalue weighted by atomic mass is 9.89. The second-order valence-corrected chi connectivity index (χ2v) is 11.0. The third-order valence-electron chi connectivity index (χ3n) is 6.05. The summed E-state index contributed by atoms with van der Waals surface area (Å²) in [6, 6.07) is 6.36. The van der Waals surface area contributed by atoms with Crippen LogP contribution in [-0.4, -0.2) is 16.4 Å². The van der Waals surface area contributed by atoms with Crippen LogP contribution in [-0.2, 0) is 18.0 Å². The number of aromatic nitrogens is 2. The minimum Gasteiger partial charge on any atom is -0.380 e. The van der Waals surface area contributed by atoms with Gasteiger partial charge in [0.1, 0.15) is 6.73 Å². The molecule has 1 aromatic carbocycles. The zero-order chi connectivity index (χ0) is 22.1. The molecule has 0 saturated heterocycles. The number of hydrogen-bond donors (Lipinski definition) is 1. The quantitative estimate of drug-likeness (QED) is 0.288. The first-order chi connectivity index (χ1) is 14.9. The average molecular weight is 491 g/mol. The molecule has 0 amide bonds. The summed E-state index contributed by atoms with van der Waals surface area (Å²) in [5, 5.41) is 8.03. The molecule has 0 radical (unpaired) electrons. The van der Waals surface area contributed by atoms with Gasteiger partial charge in [-0.2, -0.15) is 5.10 Å². The van der Waals surface area contributed by atoms with Crippen LogP contribution >= 0.6 is 15.9 Å². The van der Waals surface area contributed by atoms with E-state index in [1.54, 1.807) is 0 Å². The summed E-state index contributed by atoms with van der Waals surface area (Å²) < 4.78 is 9.04. The Hall–Kier alpha value is -1.33. The maximum atomic E-state index is 5.95. The molecule has 3 rings (SSSR count). The lowest BCUT2D eigenvalue weighted by Crippen LogP contribution is -2.12. The molecule has 2 aromatic rings. The summed E-state index contributed by atoms with van der Waals surface area (Å²) in [6.07, 6.45) is 15.4. The van der Waals surface area contributed by atoms with Crippen molar-refractivity contribution in [2.45, 2.75) is 98.3 Å². The minimum atomic E-state index is 0.498. The van der Waals surface area contributed by atoms with E-state index in [9.17, 15) is 0 Å². The smallest absolute Gasteiger partial charge is 0.140 e. The van der Waals surface area contributed by atoms with Crippen LogP contribution < -0.4 is 5.32 Å². The highest BCUT2D eigenvalue weighted by atomic mass is 79.9. The first kappa shape index (κ1) is 24.3. The van der Waals surface area contributed by atoms with Crippen LogP contribution in [0, 0.1) is 5.41 Å². The topological polar surface area (TPSA) is 39.1 Å². The number of halogens is 1. The van der Waals surface area contributed by atoms with Gasteiger partial charge in [0.05, 0.1) is 11.9 Å². The lowest BCUT2D eigenvalue weighted by Gasteiger charge is -2.20. The number of fused-ring (bicyclic) bond motifs is 3. The molecule has 0 saturated carbocycles. The second kappa shape index (κ2) is 12.1. The van der Waals surface area contributed by atoms with Crippen molar-refractivity contribution in [3.63, 3.8) is 0 Å². The van der Waals surface area contributed by atoms with Crippen LogP contribution in [0.4, 0.5) is 5.69 Å². The SMILES string of the molecule is CC(C)(C)CCCCCCCCCCCOCn1ncc2c1-c1ccc(Br)cc1NC2. The van der Waals surface area contributed by atoms with Crippen molar-refractivity contribution in [3.05, 3.63) is 34.4 Å². The average Bonchev–Trinajstić information content (AvgIpc) is 3.14. The highest BCUT2D eigenvalue weighted by molar-refractivity contribution is 9.10. The van der Waals surface area contributed by atoms with E-state index < -0.39 is 0 Å². The molecular formula is C26H40BrN3O. The fourth-order valence-electron chi connectivity index (χ4n) is 4.27. The van der Waals surface area contributed by atoms with Crippen LogP contribution in [0.3, 0.4) is 0 Å². The van der Waals surface area contributed by atoms with Gasteiger partial charge in [0, 0.05) is 34.4 Å². The van der Waals surface area contributed by atoms with Gasteiger partial charge in [-0.05, 0) is 36.5 Å². The predicted octanol–water partition coefficient (Wildman–Crippen LogP) is 8.16. The van der Waals surface area contributed by atoms with Gasteiger partial charge in [-0.15, -0.1) is 0 Å². The molecule has 0 unspecified atom stereocenters. The lowest BCUT2D eigenvalue weighted by molar-refractivity contribution is 0.0669. The number of unbranched alkanes of at least 4 members (excludes halogenated alkanes) is 8. The Morgan fingerprint density at radius 3 is 2.39 bits per heavy atom. The predicted molar refractivity (Wildman–Crippen MR) is 134 cm³/mol. The molecule has 0 fully saturated rings. The van der Waals surface area contributed by atoms with E-state index in [0.717, 1.165) is 29.7 Å². The Balaban J connectivity index is 1.25. The largest absolute Gasteiger partial charge is 0.380 e. The molecule has 4 nitrogen and oxygen atoms in total. The number of rotatable bonds is 13. The van der Waals surface area contributed by atoms with E-state index in [1.807, 2.05) is 10.9 Å². The van der Waals surface area contributed by atoms with Crippen molar-refractivity contribution >= 4 is 21.6 Å². The van der Waals surface area contributed by atoms with Crippen LogP contribution in [0.2, 0.25) is 0 Å². The molecule has 1 N–H and O–H groups in total. The van der Waals surface area contributed by atoms with Crippen molar-refractivity contribution in [2.75, 3.05) is 11.9 Å². The Bertz CT molecular complexity index is 809. The minimum absolute atomic E-state index is 0.498. The fourth-order valence-corrected chi connectivity index (χ4v) is 4.63. The highest BCUT2D eigenvalue weighted by Gasteiger charge is 2.20. The van der Waals surface area contributed by atoms with E-state index in [0.29, 0.717) is 12.1 Å². The third kappa shape index (κ3) is 7.94. The monoisotopic (exact) mass is 489 g/mol. The standard InChI is InChI=1S/C26H40BrN3O/c1-26(2,3)15-11-9-7-5-4-6-8-10-12-16-31-20-30-25-21(19-29-30)18-28-24-17-22(27)13-14-23(24)25/h13-14,17,19,28H,4-12,15-16,18,20H2,1-3H3. The molecule has 0 atom stereocenters. The number of nitrogens with zero attached hydrogens (tertiary/aromatic N) is 2. The van der Waals surface area contributed by atoms with Crippen LogP contribution in [0.15, 0.2) is 28.9 Å². The first-order valence-corrected chi connectivity index (χ1v) is 12.9. The molecule has 172 valence electrons. The molecule has 1 aromatic heterocycles. The summed E-state index contributed by atoms with van der Waals surface area (Å²) in [5.41, 5.74) is 5.26. The molecule has 0 spiro atoms. The van der Waals surface area contributed by atoms with E-state index in [1.165, 1.54) is 74.6 Å². The fraction of sp³-hybridized carbons (Fsp3) is 0.654. The Kier molecular flexibility index (Phi) is 9.46. The van der Waals surface area contributed by atoms with Gasteiger partial charge in [-0.1, -0.05) is 88.1 Å². The van der Waals surface area contributed by atoms with Crippen molar-refractivity contribution in [3.8, 4) is 11.3 Å². The van der Waals surface area contributed by atoms with Gasteiger partial charge >= 0.3 is 0 Å². The van der Waals surface area contributed by atoms with E-state index in [-0.39, 0.29) is 0 Å². The number of benzene rings is 1. The molecule has 31 heavy (non-hydrogen) atoms. The van der Waals surface area contributed by atoms with E-state index in [2.05, 4.69) is 65.3 Å². The van der Waals surface area contributed by atoms with E-state index >= 15 is 0 Å². The van der Waals surface area contributed by atoms with Crippen molar-refractivity contribution in [1.29, 1.82) is 0 Å². The number of anilines is 1. The Morgan fingerprint density at radius 1 is 1.00 bits per heavy atom.